The van der Waals surface area contributed by atoms with Crippen molar-refractivity contribution in [2.75, 3.05) is 14.1 Å². The second kappa shape index (κ2) is 9.65. The number of furan rings is 1. The number of nitrogens with one attached hydrogen (secondary N) is 1. The van der Waals surface area contributed by atoms with Gasteiger partial charge in [-0.25, -0.2) is 9.97 Å². The van der Waals surface area contributed by atoms with Gasteiger partial charge in [-0.2, -0.15) is 0 Å². The highest BCUT2D eigenvalue weighted by molar-refractivity contribution is 7.98. The zero-order valence-corrected chi connectivity index (χ0v) is 18.6. The molecule has 4 rings (SSSR count). The lowest BCUT2D eigenvalue weighted by atomic mass is 10.1. The first kappa shape index (κ1) is 21.6. The molecule has 0 aliphatic heterocycles. The summed E-state index contributed by atoms with van der Waals surface area (Å²) in [7, 11) is 3.42. The van der Waals surface area contributed by atoms with Gasteiger partial charge in [-0.3, -0.25) is 9.59 Å². The summed E-state index contributed by atoms with van der Waals surface area (Å²) < 4.78 is 5.90. The molecule has 2 aromatic carbocycles. The SMILES string of the molecule is CN(C)C(=O)c1ccc(CNC(=O)c2oc3ccccc3c2CSc2ncccn2)cc1. The van der Waals surface area contributed by atoms with Gasteiger partial charge in [0.05, 0.1) is 0 Å². The van der Waals surface area contributed by atoms with E-state index < -0.39 is 0 Å². The van der Waals surface area contributed by atoms with Crippen molar-refractivity contribution in [3.8, 4) is 0 Å². The summed E-state index contributed by atoms with van der Waals surface area (Å²) in [6, 6.07) is 16.5. The fraction of sp³-hybridized carbons (Fsp3) is 0.167. The first-order chi connectivity index (χ1) is 15.5. The molecule has 0 unspecified atom stereocenters. The van der Waals surface area contributed by atoms with E-state index in [1.807, 2.05) is 36.4 Å². The first-order valence-electron chi connectivity index (χ1n) is 10.0. The van der Waals surface area contributed by atoms with Crippen molar-refractivity contribution in [2.24, 2.45) is 0 Å². The third kappa shape index (κ3) is 4.81. The molecule has 0 radical (unpaired) electrons. The highest BCUT2D eigenvalue weighted by Gasteiger charge is 2.21. The van der Waals surface area contributed by atoms with E-state index in [-0.39, 0.29) is 17.6 Å². The molecular weight excluding hydrogens is 424 g/mol. The maximum atomic E-state index is 13.0. The van der Waals surface area contributed by atoms with Crippen LogP contribution in [0.2, 0.25) is 0 Å². The third-order valence-electron chi connectivity index (χ3n) is 4.85. The van der Waals surface area contributed by atoms with Crippen molar-refractivity contribution in [1.29, 1.82) is 0 Å². The molecule has 7 nitrogen and oxygen atoms in total. The van der Waals surface area contributed by atoms with Crippen LogP contribution in [-0.2, 0) is 12.3 Å². The monoisotopic (exact) mass is 446 g/mol. The molecule has 0 atom stereocenters. The number of carbonyl (C=O) groups excluding carboxylic acids is 2. The number of amides is 2. The Morgan fingerprint density at radius 3 is 2.44 bits per heavy atom. The fourth-order valence-corrected chi connectivity index (χ4v) is 4.04. The molecule has 0 spiro atoms. The van der Waals surface area contributed by atoms with Crippen LogP contribution in [0.4, 0.5) is 0 Å². The lowest BCUT2D eigenvalue weighted by Crippen LogP contribution is -2.24. The van der Waals surface area contributed by atoms with Gasteiger partial charge >= 0.3 is 0 Å². The molecule has 2 amide bonds. The number of hydrogen-bond acceptors (Lipinski definition) is 6. The smallest absolute Gasteiger partial charge is 0.287 e. The molecule has 2 heterocycles. The van der Waals surface area contributed by atoms with E-state index in [9.17, 15) is 9.59 Å². The number of aromatic nitrogens is 2. The predicted octanol–water partition coefficient (Wildman–Crippen LogP) is 4.15. The van der Waals surface area contributed by atoms with Crippen molar-refractivity contribution in [2.45, 2.75) is 17.5 Å². The number of fused-ring (bicyclic) bond motifs is 1. The average Bonchev–Trinajstić information content (AvgIpc) is 3.20. The number of thioether (sulfide) groups is 1. The number of nitrogens with zero attached hydrogens (tertiary/aromatic N) is 3. The first-order valence-corrected chi connectivity index (χ1v) is 11.0. The molecule has 4 aromatic rings. The van der Waals surface area contributed by atoms with Gasteiger partial charge in [0.2, 0.25) is 0 Å². The Bertz CT molecular complexity index is 1240. The Morgan fingerprint density at radius 2 is 1.72 bits per heavy atom. The van der Waals surface area contributed by atoms with Gasteiger partial charge in [0.1, 0.15) is 5.58 Å². The lowest BCUT2D eigenvalue weighted by molar-refractivity contribution is 0.0827. The van der Waals surface area contributed by atoms with Gasteiger partial charge in [0.15, 0.2) is 10.9 Å². The quantitative estimate of drug-likeness (QED) is 0.339. The minimum Gasteiger partial charge on any atom is -0.451 e. The molecule has 1 N–H and O–H groups in total. The number of hydrogen-bond donors (Lipinski definition) is 1. The maximum absolute atomic E-state index is 13.0. The van der Waals surface area contributed by atoms with Crippen molar-refractivity contribution >= 4 is 34.5 Å². The molecule has 0 fully saturated rings. The van der Waals surface area contributed by atoms with Crippen LogP contribution in [0.15, 0.2) is 76.6 Å². The van der Waals surface area contributed by atoms with E-state index >= 15 is 0 Å². The molecule has 0 aliphatic carbocycles. The van der Waals surface area contributed by atoms with Crippen molar-refractivity contribution < 1.29 is 14.0 Å². The van der Waals surface area contributed by atoms with Crippen molar-refractivity contribution in [3.05, 3.63) is 89.4 Å². The summed E-state index contributed by atoms with van der Waals surface area (Å²) in [5.41, 5.74) is 2.96. The summed E-state index contributed by atoms with van der Waals surface area (Å²) in [4.78, 5) is 35.0. The Balaban J connectivity index is 1.50. The van der Waals surface area contributed by atoms with Crippen molar-refractivity contribution in [3.63, 3.8) is 0 Å². The average molecular weight is 447 g/mol. The summed E-state index contributed by atoms with van der Waals surface area (Å²) in [6.07, 6.45) is 3.38. The number of rotatable bonds is 7. The summed E-state index contributed by atoms with van der Waals surface area (Å²) in [6.45, 7) is 0.320. The maximum Gasteiger partial charge on any atom is 0.287 e. The molecule has 2 aromatic heterocycles. The van der Waals surface area contributed by atoms with Gasteiger partial charge in [0, 0.05) is 55.3 Å². The Morgan fingerprint density at radius 1 is 1.00 bits per heavy atom. The largest absolute Gasteiger partial charge is 0.451 e. The standard InChI is InChI=1S/C24H22N4O3S/c1-28(2)23(30)17-10-8-16(9-11-17)14-27-22(29)21-19(15-32-24-25-12-5-13-26-24)18-6-3-4-7-20(18)31-21/h3-13H,14-15H2,1-2H3,(H,27,29). The Labute approximate surface area is 189 Å². The summed E-state index contributed by atoms with van der Waals surface area (Å²) in [5.74, 6) is 0.436. The Hall–Kier alpha value is -3.65. The normalized spacial score (nSPS) is 10.8. The van der Waals surface area contributed by atoms with Gasteiger partial charge in [0.25, 0.3) is 11.8 Å². The second-order valence-electron chi connectivity index (χ2n) is 7.31. The highest BCUT2D eigenvalue weighted by Crippen LogP contribution is 2.31. The van der Waals surface area contributed by atoms with E-state index in [4.69, 9.17) is 4.42 Å². The van der Waals surface area contributed by atoms with E-state index in [1.54, 1.807) is 44.7 Å². The number of para-hydroxylation sites is 1. The molecule has 0 bridgehead atoms. The number of benzene rings is 2. The zero-order chi connectivity index (χ0) is 22.5. The van der Waals surface area contributed by atoms with Crippen LogP contribution in [-0.4, -0.2) is 40.8 Å². The van der Waals surface area contributed by atoms with Crippen LogP contribution in [0.25, 0.3) is 11.0 Å². The molecule has 0 aliphatic rings. The van der Waals surface area contributed by atoms with Crippen LogP contribution in [0.5, 0.6) is 0 Å². The molecule has 32 heavy (non-hydrogen) atoms. The Kier molecular flexibility index (Phi) is 6.51. The van der Waals surface area contributed by atoms with E-state index in [1.165, 1.54) is 16.7 Å². The minimum absolute atomic E-state index is 0.0626. The molecular formula is C24H22N4O3S. The lowest BCUT2D eigenvalue weighted by Gasteiger charge is -2.11. The van der Waals surface area contributed by atoms with Crippen LogP contribution >= 0.6 is 11.8 Å². The van der Waals surface area contributed by atoms with Crippen LogP contribution in [0, 0.1) is 0 Å². The summed E-state index contributed by atoms with van der Waals surface area (Å²) in [5, 5.41) is 4.45. The second-order valence-corrected chi connectivity index (χ2v) is 8.25. The van der Waals surface area contributed by atoms with Crippen molar-refractivity contribution in [1.82, 2.24) is 20.2 Å². The third-order valence-corrected chi connectivity index (χ3v) is 5.75. The van der Waals surface area contributed by atoms with Gasteiger partial charge < -0.3 is 14.6 Å². The van der Waals surface area contributed by atoms with Crippen LogP contribution in [0.3, 0.4) is 0 Å². The van der Waals surface area contributed by atoms with Gasteiger partial charge in [-0.1, -0.05) is 42.1 Å². The van der Waals surface area contributed by atoms with Gasteiger partial charge in [-0.05, 0) is 29.8 Å². The predicted molar refractivity (Wildman–Crippen MR) is 123 cm³/mol. The van der Waals surface area contributed by atoms with E-state index in [2.05, 4.69) is 15.3 Å². The topological polar surface area (TPSA) is 88.3 Å². The zero-order valence-electron chi connectivity index (χ0n) is 17.7. The van der Waals surface area contributed by atoms with E-state index in [0.717, 1.165) is 16.5 Å². The molecule has 0 saturated heterocycles. The van der Waals surface area contributed by atoms with Crippen LogP contribution in [0.1, 0.15) is 32.0 Å². The van der Waals surface area contributed by atoms with Gasteiger partial charge in [-0.15, -0.1) is 0 Å². The minimum atomic E-state index is -0.292. The molecule has 8 heteroatoms. The summed E-state index contributed by atoms with van der Waals surface area (Å²) >= 11 is 1.45. The molecule has 162 valence electrons. The molecule has 0 saturated carbocycles. The van der Waals surface area contributed by atoms with Crippen LogP contribution < -0.4 is 5.32 Å². The van der Waals surface area contributed by atoms with E-state index in [0.29, 0.717) is 28.6 Å². The highest BCUT2D eigenvalue weighted by atomic mass is 32.2. The fourth-order valence-electron chi connectivity index (χ4n) is 3.21. The number of carbonyl (C=O) groups is 2.